The van der Waals surface area contributed by atoms with Gasteiger partial charge in [-0.2, -0.15) is 0 Å². The molecule has 0 bridgehead atoms. The molecule has 1 rings (SSSR count). The van der Waals surface area contributed by atoms with Crippen molar-refractivity contribution in [3.8, 4) is 0 Å². The predicted octanol–water partition coefficient (Wildman–Crippen LogP) is 1.95. The van der Waals surface area contributed by atoms with Crippen LogP contribution in [0.1, 0.15) is 59.5 Å². The number of tetrazole rings is 1. The topological polar surface area (TPSA) is 55.6 Å². The first-order valence-corrected chi connectivity index (χ1v) is 5.89. The molecule has 1 N–H and O–H groups in total. The van der Waals surface area contributed by atoms with Gasteiger partial charge in [0.2, 0.25) is 0 Å². The Balaban J connectivity index is 2.94. The molecular weight excluding hydrogens is 202 g/mol. The summed E-state index contributed by atoms with van der Waals surface area (Å²) in [6.45, 7) is 13.8. The Bertz CT molecular complexity index is 325. The highest BCUT2D eigenvalue weighted by atomic mass is 15.6. The van der Waals surface area contributed by atoms with E-state index in [1.165, 1.54) is 0 Å². The van der Waals surface area contributed by atoms with Crippen molar-refractivity contribution in [3.63, 3.8) is 0 Å². The fourth-order valence-corrected chi connectivity index (χ4v) is 1.53. The van der Waals surface area contributed by atoms with Gasteiger partial charge in [-0.3, -0.25) is 0 Å². The Kier molecular flexibility index (Phi) is 4.02. The van der Waals surface area contributed by atoms with Gasteiger partial charge < -0.3 is 5.32 Å². The third kappa shape index (κ3) is 2.78. The zero-order valence-corrected chi connectivity index (χ0v) is 11.2. The van der Waals surface area contributed by atoms with Crippen LogP contribution in [0.5, 0.6) is 0 Å². The van der Waals surface area contributed by atoms with E-state index < -0.39 is 0 Å². The number of hydrogen-bond acceptors (Lipinski definition) is 4. The van der Waals surface area contributed by atoms with Crippen molar-refractivity contribution in [2.75, 3.05) is 6.54 Å². The molecule has 0 aromatic carbocycles. The molecule has 92 valence electrons. The molecule has 5 nitrogen and oxygen atoms in total. The van der Waals surface area contributed by atoms with Gasteiger partial charge in [0.05, 0.1) is 12.1 Å². The number of hydrogen-bond donors (Lipinski definition) is 1. The molecule has 0 fully saturated rings. The quantitative estimate of drug-likeness (QED) is 0.851. The SMILES string of the molecule is CCNC(C)c1nnnn1C(C)C(C)(C)C. The smallest absolute Gasteiger partial charge is 0.168 e. The van der Waals surface area contributed by atoms with E-state index in [1.54, 1.807) is 0 Å². The van der Waals surface area contributed by atoms with Crippen LogP contribution in [0, 0.1) is 5.41 Å². The minimum absolute atomic E-state index is 0.149. The molecule has 0 spiro atoms. The first-order valence-electron chi connectivity index (χ1n) is 5.89. The Morgan fingerprint density at radius 3 is 2.44 bits per heavy atom. The maximum atomic E-state index is 4.11. The van der Waals surface area contributed by atoms with E-state index >= 15 is 0 Å². The fraction of sp³-hybridized carbons (Fsp3) is 0.909. The number of nitrogens with one attached hydrogen (secondary N) is 1. The number of rotatable bonds is 4. The van der Waals surface area contributed by atoms with Gasteiger partial charge in [0.15, 0.2) is 5.82 Å². The molecule has 1 heterocycles. The van der Waals surface area contributed by atoms with Gasteiger partial charge >= 0.3 is 0 Å². The van der Waals surface area contributed by atoms with Crippen molar-refractivity contribution < 1.29 is 0 Å². The summed E-state index contributed by atoms with van der Waals surface area (Å²) < 4.78 is 1.92. The molecule has 2 unspecified atom stereocenters. The monoisotopic (exact) mass is 225 g/mol. The van der Waals surface area contributed by atoms with Gasteiger partial charge in [0, 0.05) is 0 Å². The third-order valence-corrected chi connectivity index (χ3v) is 3.04. The molecule has 0 radical (unpaired) electrons. The summed E-state index contributed by atoms with van der Waals surface area (Å²) in [5.74, 6) is 0.907. The van der Waals surface area contributed by atoms with Crippen molar-refractivity contribution >= 4 is 0 Å². The first kappa shape index (κ1) is 13.1. The van der Waals surface area contributed by atoms with E-state index in [0.29, 0.717) is 0 Å². The lowest BCUT2D eigenvalue weighted by Gasteiger charge is -2.28. The zero-order valence-electron chi connectivity index (χ0n) is 11.2. The summed E-state index contributed by atoms with van der Waals surface area (Å²) in [7, 11) is 0. The Hall–Kier alpha value is -0.970. The number of aromatic nitrogens is 4. The highest BCUT2D eigenvalue weighted by Crippen LogP contribution is 2.30. The Labute approximate surface area is 97.6 Å². The van der Waals surface area contributed by atoms with Crippen LogP contribution >= 0.6 is 0 Å². The third-order valence-electron chi connectivity index (χ3n) is 3.04. The van der Waals surface area contributed by atoms with E-state index in [-0.39, 0.29) is 17.5 Å². The van der Waals surface area contributed by atoms with Crippen LogP contribution in [0.2, 0.25) is 0 Å². The van der Waals surface area contributed by atoms with Crippen molar-refractivity contribution in [2.24, 2.45) is 5.41 Å². The molecule has 0 saturated carbocycles. The lowest BCUT2D eigenvalue weighted by Crippen LogP contribution is -2.28. The van der Waals surface area contributed by atoms with E-state index in [4.69, 9.17) is 0 Å². The largest absolute Gasteiger partial charge is 0.308 e. The molecule has 0 aliphatic carbocycles. The van der Waals surface area contributed by atoms with Crippen LogP contribution in [0.4, 0.5) is 0 Å². The van der Waals surface area contributed by atoms with Gasteiger partial charge in [-0.05, 0) is 36.2 Å². The molecule has 0 saturated heterocycles. The lowest BCUT2D eigenvalue weighted by molar-refractivity contribution is 0.232. The second-order valence-electron chi connectivity index (χ2n) is 5.30. The molecule has 1 aromatic rings. The molecule has 0 aliphatic heterocycles. The summed E-state index contributed by atoms with van der Waals surface area (Å²) in [6.07, 6.45) is 0. The fourth-order valence-electron chi connectivity index (χ4n) is 1.53. The van der Waals surface area contributed by atoms with Crippen molar-refractivity contribution in [1.82, 2.24) is 25.5 Å². The van der Waals surface area contributed by atoms with E-state index in [2.05, 4.69) is 62.4 Å². The summed E-state index contributed by atoms with van der Waals surface area (Å²) in [5, 5.41) is 15.3. The van der Waals surface area contributed by atoms with E-state index in [1.807, 2.05) is 4.68 Å². The minimum atomic E-state index is 0.149. The van der Waals surface area contributed by atoms with Crippen LogP contribution < -0.4 is 5.32 Å². The molecule has 16 heavy (non-hydrogen) atoms. The highest BCUT2D eigenvalue weighted by molar-refractivity contribution is 4.93. The first-order chi connectivity index (χ1) is 7.38. The van der Waals surface area contributed by atoms with Crippen LogP contribution in [-0.2, 0) is 0 Å². The van der Waals surface area contributed by atoms with Crippen LogP contribution in [0.3, 0.4) is 0 Å². The van der Waals surface area contributed by atoms with Gasteiger partial charge in [0.25, 0.3) is 0 Å². The summed E-state index contributed by atoms with van der Waals surface area (Å²) in [5.41, 5.74) is 0.149. The lowest BCUT2D eigenvalue weighted by atomic mass is 9.88. The summed E-state index contributed by atoms with van der Waals surface area (Å²) in [6, 6.07) is 0.461. The predicted molar refractivity (Wildman–Crippen MR) is 64.1 cm³/mol. The van der Waals surface area contributed by atoms with Gasteiger partial charge in [-0.1, -0.05) is 27.7 Å². The molecule has 0 amide bonds. The van der Waals surface area contributed by atoms with Crippen LogP contribution in [0.15, 0.2) is 0 Å². The Morgan fingerprint density at radius 1 is 1.31 bits per heavy atom. The Morgan fingerprint density at radius 2 is 1.94 bits per heavy atom. The standard InChI is InChI=1S/C11H23N5/c1-7-12-8(2)10-13-14-15-16(10)9(3)11(4,5)6/h8-9,12H,7H2,1-6H3. The highest BCUT2D eigenvalue weighted by Gasteiger charge is 2.26. The minimum Gasteiger partial charge on any atom is -0.308 e. The van der Waals surface area contributed by atoms with Crippen LogP contribution in [-0.4, -0.2) is 26.8 Å². The molecular formula is C11H23N5. The van der Waals surface area contributed by atoms with Crippen molar-refractivity contribution in [3.05, 3.63) is 5.82 Å². The maximum absolute atomic E-state index is 4.11. The molecule has 0 aliphatic rings. The number of nitrogens with zero attached hydrogens (tertiary/aromatic N) is 4. The van der Waals surface area contributed by atoms with Gasteiger partial charge in [-0.15, -0.1) is 5.10 Å². The maximum Gasteiger partial charge on any atom is 0.168 e. The van der Waals surface area contributed by atoms with E-state index in [0.717, 1.165) is 12.4 Å². The normalized spacial score (nSPS) is 16.1. The van der Waals surface area contributed by atoms with Crippen molar-refractivity contribution in [2.45, 2.75) is 53.6 Å². The summed E-state index contributed by atoms with van der Waals surface area (Å²) in [4.78, 5) is 0. The van der Waals surface area contributed by atoms with E-state index in [9.17, 15) is 0 Å². The van der Waals surface area contributed by atoms with Gasteiger partial charge in [-0.25, -0.2) is 4.68 Å². The second-order valence-corrected chi connectivity index (χ2v) is 5.30. The average Bonchev–Trinajstić information content (AvgIpc) is 2.63. The van der Waals surface area contributed by atoms with Crippen molar-refractivity contribution in [1.29, 1.82) is 0 Å². The zero-order chi connectivity index (χ0) is 12.3. The molecule has 2 atom stereocenters. The average molecular weight is 225 g/mol. The molecule has 1 aromatic heterocycles. The second kappa shape index (κ2) is 4.91. The molecule has 5 heteroatoms. The van der Waals surface area contributed by atoms with Crippen LogP contribution in [0.25, 0.3) is 0 Å². The van der Waals surface area contributed by atoms with Gasteiger partial charge in [0.1, 0.15) is 0 Å². The summed E-state index contributed by atoms with van der Waals surface area (Å²) >= 11 is 0.